The lowest BCUT2D eigenvalue weighted by molar-refractivity contribution is -0.143. The summed E-state index contributed by atoms with van der Waals surface area (Å²) in [6.07, 6.45) is 48.6. The molecule has 0 aliphatic heterocycles. The van der Waals surface area contributed by atoms with Gasteiger partial charge < -0.3 is 20.3 Å². The standard InChI is InChI=1S/C47H89NO5/c1-3-5-7-9-11-13-14-15-16-17-18-21-25-29-33-37-41-47(52)53-42-38-34-30-26-22-19-20-24-28-32-36-40-46(51)48-44(43-49)45(50)39-35-31-27-23-12-10-8-6-4-2/h16-17,22,26,44-45,49-50H,3-15,18-21,23-25,27-43H2,1-2H3,(H,48,51)/b17-16-,26-22-. The van der Waals surface area contributed by atoms with Crippen LogP contribution in [0.3, 0.4) is 0 Å². The number of carbonyl (C=O) groups excluding carboxylic acids is 2. The minimum absolute atomic E-state index is 0.0396. The number of rotatable bonds is 42. The molecule has 2 atom stereocenters. The van der Waals surface area contributed by atoms with Crippen LogP contribution in [0.1, 0.15) is 239 Å². The first-order valence-corrected chi connectivity index (χ1v) is 23.1. The average molecular weight is 748 g/mol. The molecule has 0 aliphatic rings. The second-order valence-corrected chi connectivity index (χ2v) is 15.7. The summed E-state index contributed by atoms with van der Waals surface area (Å²) in [5, 5.41) is 23.0. The molecular formula is C47H89NO5. The number of nitrogens with one attached hydrogen (secondary N) is 1. The lowest BCUT2D eigenvalue weighted by atomic mass is 10.0. The number of aliphatic hydroxyl groups is 2. The Morgan fingerprint density at radius 1 is 0.509 bits per heavy atom. The number of ether oxygens (including phenoxy) is 1. The van der Waals surface area contributed by atoms with Crippen molar-refractivity contribution in [2.75, 3.05) is 13.2 Å². The van der Waals surface area contributed by atoms with Crippen molar-refractivity contribution in [2.24, 2.45) is 0 Å². The first-order chi connectivity index (χ1) is 26.0. The van der Waals surface area contributed by atoms with E-state index in [0.29, 0.717) is 25.9 Å². The van der Waals surface area contributed by atoms with E-state index in [-0.39, 0.29) is 18.5 Å². The molecule has 312 valence electrons. The lowest BCUT2D eigenvalue weighted by Crippen LogP contribution is -2.45. The molecule has 2 unspecified atom stereocenters. The smallest absolute Gasteiger partial charge is 0.305 e. The maximum atomic E-state index is 12.3. The van der Waals surface area contributed by atoms with Crippen LogP contribution >= 0.6 is 0 Å². The summed E-state index contributed by atoms with van der Waals surface area (Å²) in [4.78, 5) is 24.4. The molecule has 1 amide bonds. The predicted molar refractivity (Wildman–Crippen MR) is 227 cm³/mol. The highest BCUT2D eigenvalue weighted by Crippen LogP contribution is 2.14. The fourth-order valence-electron chi connectivity index (χ4n) is 6.86. The number of carbonyl (C=O) groups is 2. The molecule has 53 heavy (non-hydrogen) atoms. The van der Waals surface area contributed by atoms with E-state index in [1.807, 2.05) is 0 Å². The van der Waals surface area contributed by atoms with E-state index in [0.717, 1.165) is 83.5 Å². The maximum absolute atomic E-state index is 12.3. The van der Waals surface area contributed by atoms with Crippen molar-refractivity contribution in [1.82, 2.24) is 5.32 Å². The molecule has 0 saturated carbocycles. The molecule has 0 radical (unpaired) electrons. The summed E-state index contributed by atoms with van der Waals surface area (Å²) in [6.45, 7) is 4.83. The maximum Gasteiger partial charge on any atom is 0.305 e. The van der Waals surface area contributed by atoms with E-state index in [1.165, 1.54) is 122 Å². The van der Waals surface area contributed by atoms with Gasteiger partial charge in [0.05, 0.1) is 25.4 Å². The van der Waals surface area contributed by atoms with Crippen LogP contribution in [-0.4, -0.2) is 47.4 Å². The van der Waals surface area contributed by atoms with Gasteiger partial charge in [-0.05, 0) is 77.0 Å². The normalized spacial score (nSPS) is 12.9. The summed E-state index contributed by atoms with van der Waals surface area (Å²) >= 11 is 0. The topological polar surface area (TPSA) is 95.9 Å². The third-order valence-electron chi connectivity index (χ3n) is 10.5. The van der Waals surface area contributed by atoms with Crippen LogP contribution < -0.4 is 5.32 Å². The van der Waals surface area contributed by atoms with Gasteiger partial charge in [0.25, 0.3) is 0 Å². The van der Waals surface area contributed by atoms with Crippen LogP contribution in [0.4, 0.5) is 0 Å². The molecule has 0 aromatic rings. The van der Waals surface area contributed by atoms with Crippen molar-refractivity contribution in [3.05, 3.63) is 24.3 Å². The van der Waals surface area contributed by atoms with Crippen LogP contribution in [0.25, 0.3) is 0 Å². The molecule has 0 rings (SSSR count). The van der Waals surface area contributed by atoms with Crippen LogP contribution in [0.15, 0.2) is 24.3 Å². The van der Waals surface area contributed by atoms with Gasteiger partial charge in [0.1, 0.15) is 0 Å². The molecule has 0 aliphatic carbocycles. The van der Waals surface area contributed by atoms with Gasteiger partial charge in [0, 0.05) is 12.8 Å². The Bertz CT molecular complexity index is 828. The third kappa shape index (κ3) is 39.8. The zero-order chi connectivity index (χ0) is 38.7. The summed E-state index contributed by atoms with van der Waals surface area (Å²) in [7, 11) is 0. The molecule has 0 aromatic carbocycles. The summed E-state index contributed by atoms with van der Waals surface area (Å²) < 4.78 is 5.42. The Labute approximate surface area is 329 Å². The van der Waals surface area contributed by atoms with Crippen LogP contribution in [0.5, 0.6) is 0 Å². The summed E-state index contributed by atoms with van der Waals surface area (Å²) in [5.41, 5.74) is 0. The van der Waals surface area contributed by atoms with Crippen molar-refractivity contribution in [2.45, 2.75) is 251 Å². The Morgan fingerprint density at radius 3 is 1.34 bits per heavy atom. The lowest BCUT2D eigenvalue weighted by Gasteiger charge is -2.22. The SMILES string of the molecule is CCCCCCCCC/C=C\CCCCCCCC(=O)OCCCC/C=C\CCCCCCCC(=O)NC(CO)C(O)CCCCCCCCCCC. The summed E-state index contributed by atoms with van der Waals surface area (Å²) in [6, 6.07) is -0.560. The molecule has 0 saturated heterocycles. The van der Waals surface area contributed by atoms with E-state index < -0.39 is 12.1 Å². The van der Waals surface area contributed by atoms with Crippen molar-refractivity contribution in [3.8, 4) is 0 Å². The molecule has 0 aromatic heterocycles. The summed E-state index contributed by atoms with van der Waals surface area (Å²) in [5.74, 6) is -0.108. The van der Waals surface area contributed by atoms with Gasteiger partial charge in [0.2, 0.25) is 5.91 Å². The molecule has 0 fully saturated rings. The van der Waals surface area contributed by atoms with Crippen LogP contribution in [0.2, 0.25) is 0 Å². The minimum Gasteiger partial charge on any atom is -0.466 e. The number of aliphatic hydroxyl groups excluding tert-OH is 2. The molecule has 0 bridgehead atoms. The van der Waals surface area contributed by atoms with E-state index in [1.54, 1.807) is 0 Å². The van der Waals surface area contributed by atoms with E-state index in [2.05, 4.69) is 43.5 Å². The number of hydrogen-bond acceptors (Lipinski definition) is 5. The van der Waals surface area contributed by atoms with Crippen molar-refractivity contribution in [1.29, 1.82) is 0 Å². The highest BCUT2D eigenvalue weighted by Gasteiger charge is 2.20. The minimum atomic E-state index is -0.680. The van der Waals surface area contributed by atoms with Crippen LogP contribution in [-0.2, 0) is 14.3 Å². The highest BCUT2D eigenvalue weighted by molar-refractivity contribution is 5.76. The number of amides is 1. The first-order valence-electron chi connectivity index (χ1n) is 23.1. The molecule has 0 spiro atoms. The second-order valence-electron chi connectivity index (χ2n) is 15.7. The molecule has 6 nitrogen and oxygen atoms in total. The van der Waals surface area contributed by atoms with Gasteiger partial charge >= 0.3 is 5.97 Å². The van der Waals surface area contributed by atoms with Gasteiger partial charge in [-0.15, -0.1) is 0 Å². The third-order valence-corrected chi connectivity index (χ3v) is 10.5. The average Bonchev–Trinajstić information content (AvgIpc) is 3.16. The first kappa shape index (κ1) is 51.3. The molecular weight excluding hydrogens is 659 g/mol. The fraction of sp³-hybridized carbons (Fsp3) is 0.872. The van der Waals surface area contributed by atoms with E-state index >= 15 is 0 Å². The van der Waals surface area contributed by atoms with Crippen molar-refractivity contribution >= 4 is 11.9 Å². The van der Waals surface area contributed by atoms with Gasteiger partial charge in [0.15, 0.2) is 0 Å². The molecule has 3 N–H and O–H groups in total. The van der Waals surface area contributed by atoms with Gasteiger partial charge in [-0.2, -0.15) is 0 Å². The Kier molecular flexibility index (Phi) is 41.7. The number of unbranched alkanes of at least 4 members (excludes halogenated alkanes) is 27. The Balaban J connectivity index is 3.51. The van der Waals surface area contributed by atoms with Crippen LogP contribution in [0, 0.1) is 0 Å². The predicted octanol–water partition coefficient (Wildman–Crippen LogP) is 13.2. The van der Waals surface area contributed by atoms with Gasteiger partial charge in [-0.3, -0.25) is 9.59 Å². The van der Waals surface area contributed by atoms with Gasteiger partial charge in [-0.1, -0.05) is 173 Å². The second kappa shape index (κ2) is 43.1. The zero-order valence-electron chi connectivity index (χ0n) is 35.2. The molecule has 6 heteroatoms. The van der Waals surface area contributed by atoms with E-state index in [4.69, 9.17) is 4.74 Å². The fourth-order valence-corrected chi connectivity index (χ4v) is 6.86. The Hall–Kier alpha value is -1.66. The van der Waals surface area contributed by atoms with Crippen molar-refractivity contribution < 1.29 is 24.5 Å². The number of allylic oxidation sites excluding steroid dienone is 4. The number of hydrogen-bond donors (Lipinski definition) is 3. The molecule has 0 heterocycles. The van der Waals surface area contributed by atoms with E-state index in [9.17, 15) is 19.8 Å². The quantitative estimate of drug-likeness (QED) is 0.0328. The monoisotopic (exact) mass is 748 g/mol. The zero-order valence-corrected chi connectivity index (χ0v) is 35.2. The van der Waals surface area contributed by atoms with Crippen molar-refractivity contribution in [3.63, 3.8) is 0 Å². The van der Waals surface area contributed by atoms with Gasteiger partial charge in [-0.25, -0.2) is 0 Å². The largest absolute Gasteiger partial charge is 0.466 e. The Morgan fingerprint density at radius 2 is 0.887 bits per heavy atom. The number of esters is 1. The highest BCUT2D eigenvalue weighted by atomic mass is 16.5.